The summed E-state index contributed by atoms with van der Waals surface area (Å²) in [6.45, 7) is 5.02. The second kappa shape index (κ2) is 7.81. The van der Waals surface area contributed by atoms with Gasteiger partial charge in [-0.2, -0.15) is 0 Å². The molecule has 4 rings (SSSR count). The Kier molecular flexibility index (Phi) is 5.24. The number of halogens is 1. The largest absolute Gasteiger partial charge is 0.378 e. The zero-order valence-electron chi connectivity index (χ0n) is 15.7. The van der Waals surface area contributed by atoms with Crippen LogP contribution in [0.25, 0.3) is 0 Å². The number of nitrogens with one attached hydrogen (secondary N) is 1. The van der Waals surface area contributed by atoms with Gasteiger partial charge in [0, 0.05) is 29.5 Å². The number of hydrogen-bond donors (Lipinski definition) is 1. The van der Waals surface area contributed by atoms with Gasteiger partial charge >= 0.3 is 0 Å². The van der Waals surface area contributed by atoms with Crippen molar-refractivity contribution in [2.24, 2.45) is 0 Å². The van der Waals surface area contributed by atoms with Gasteiger partial charge in [0.1, 0.15) is 6.04 Å². The van der Waals surface area contributed by atoms with Crippen LogP contribution in [0.2, 0.25) is 5.02 Å². The van der Waals surface area contributed by atoms with Crippen LogP contribution in [0.4, 0.5) is 17.1 Å². The first-order valence-corrected chi connectivity index (χ1v) is 9.73. The third kappa shape index (κ3) is 3.57. The van der Waals surface area contributed by atoms with Crippen molar-refractivity contribution >= 4 is 40.5 Å². The molecule has 2 aliphatic rings. The Bertz CT molecular complexity index is 894. The Hall–Kier alpha value is -2.57. The number of anilines is 3. The van der Waals surface area contributed by atoms with E-state index in [9.17, 15) is 9.59 Å². The minimum absolute atomic E-state index is 0.121. The summed E-state index contributed by atoms with van der Waals surface area (Å²) in [4.78, 5) is 28.9. The number of morpholine rings is 1. The molecule has 0 radical (unpaired) electrons. The van der Waals surface area contributed by atoms with Crippen molar-refractivity contribution < 1.29 is 14.3 Å². The Morgan fingerprint density at radius 1 is 1.07 bits per heavy atom. The number of carbonyl (C=O) groups is 2. The molecule has 1 N–H and O–H groups in total. The van der Waals surface area contributed by atoms with E-state index in [1.807, 2.05) is 31.2 Å². The summed E-state index contributed by atoms with van der Waals surface area (Å²) >= 11 is 6.16. The van der Waals surface area contributed by atoms with Crippen LogP contribution in [-0.4, -0.2) is 44.2 Å². The number of nitrogens with zero attached hydrogens (tertiary/aromatic N) is 2. The minimum Gasteiger partial charge on any atom is -0.378 e. The number of ether oxygens (including phenoxy) is 1. The molecule has 1 atom stereocenters. The molecule has 2 saturated heterocycles. The molecule has 0 aromatic heterocycles. The molecule has 0 saturated carbocycles. The van der Waals surface area contributed by atoms with Crippen LogP contribution in [0.1, 0.15) is 12.0 Å². The van der Waals surface area contributed by atoms with Crippen LogP contribution in [-0.2, 0) is 14.3 Å². The molecule has 2 aliphatic heterocycles. The predicted molar refractivity (Wildman–Crippen MR) is 110 cm³/mol. The van der Waals surface area contributed by atoms with Crippen molar-refractivity contribution in [2.45, 2.75) is 19.4 Å². The molecule has 0 unspecified atom stereocenters. The zero-order valence-corrected chi connectivity index (χ0v) is 16.4. The third-order valence-corrected chi connectivity index (χ3v) is 5.62. The molecule has 2 amide bonds. The first-order chi connectivity index (χ1) is 13.5. The van der Waals surface area contributed by atoms with E-state index in [2.05, 4.69) is 10.2 Å². The quantitative estimate of drug-likeness (QED) is 0.800. The van der Waals surface area contributed by atoms with Gasteiger partial charge < -0.3 is 15.0 Å². The van der Waals surface area contributed by atoms with E-state index in [1.54, 1.807) is 18.2 Å². The average Bonchev–Trinajstić information content (AvgIpc) is 2.98. The van der Waals surface area contributed by atoms with E-state index in [0.717, 1.165) is 43.2 Å². The molecule has 0 aliphatic carbocycles. The number of imide groups is 1. The highest BCUT2D eigenvalue weighted by Gasteiger charge is 2.40. The van der Waals surface area contributed by atoms with Crippen molar-refractivity contribution in [2.75, 3.05) is 41.4 Å². The van der Waals surface area contributed by atoms with E-state index in [0.29, 0.717) is 10.7 Å². The van der Waals surface area contributed by atoms with Crippen LogP contribution in [0.15, 0.2) is 42.5 Å². The molecular formula is C21H22ClN3O3. The van der Waals surface area contributed by atoms with Gasteiger partial charge in [-0.3, -0.25) is 9.59 Å². The molecule has 2 aromatic carbocycles. The molecule has 7 heteroatoms. The van der Waals surface area contributed by atoms with Gasteiger partial charge in [-0.15, -0.1) is 0 Å². The predicted octanol–water partition coefficient (Wildman–Crippen LogP) is 3.23. The fraction of sp³-hybridized carbons (Fsp3) is 0.333. The van der Waals surface area contributed by atoms with E-state index >= 15 is 0 Å². The van der Waals surface area contributed by atoms with Gasteiger partial charge in [0.25, 0.3) is 5.91 Å². The van der Waals surface area contributed by atoms with Gasteiger partial charge in [-0.05, 0) is 48.9 Å². The van der Waals surface area contributed by atoms with Crippen LogP contribution in [0.3, 0.4) is 0 Å². The van der Waals surface area contributed by atoms with Crippen molar-refractivity contribution in [3.63, 3.8) is 0 Å². The summed E-state index contributed by atoms with van der Waals surface area (Å²) in [5, 5.41) is 3.73. The Morgan fingerprint density at radius 3 is 2.50 bits per heavy atom. The molecule has 146 valence electrons. The molecular weight excluding hydrogens is 378 g/mol. The molecule has 0 bridgehead atoms. The normalized spacial score (nSPS) is 20.0. The highest BCUT2D eigenvalue weighted by atomic mass is 35.5. The Balaban J connectivity index is 1.47. The van der Waals surface area contributed by atoms with Gasteiger partial charge in [0.05, 0.1) is 25.3 Å². The zero-order chi connectivity index (χ0) is 19.7. The highest BCUT2D eigenvalue weighted by Crippen LogP contribution is 2.31. The standard InChI is InChI=1S/C21H22ClN3O3/c1-14-17(22)3-2-4-19(14)25-20(26)13-18(21(25)27)23-15-5-7-16(8-6-15)24-9-11-28-12-10-24/h2-8,18,23H,9-13H2,1H3/t18-/m1/s1. The fourth-order valence-corrected chi connectivity index (χ4v) is 3.80. The SMILES string of the molecule is Cc1c(Cl)cccc1N1C(=O)C[C@@H](Nc2ccc(N3CCOCC3)cc2)C1=O. The molecule has 2 aromatic rings. The summed E-state index contributed by atoms with van der Waals surface area (Å²) in [5.74, 6) is -0.481. The lowest BCUT2D eigenvalue weighted by Crippen LogP contribution is -2.36. The first-order valence-electron chi connectivity index (χ1n) is 9.36. The second-order valence-corrected chi connectivity index (χ2v) is 7.41. The maximum absolute atomic E-state index is 12.9. The number of benzene rings is 2. The molecule has 0 spiro atoms. The Labute approximate surface area is 169 Å². The summed E-state index contributed by atoms with van der Waals surface area (Å²) in [7, 11) is 0. The highest BCUT2D eigenvalue weighted by molar-refractivity contribution is 6.32. The number of amides is 2. The molecule has 2 fully saturated rings. The van der Waals surface area contributed by atoms with Crippen LogP contribution < -0.4 is 15.1 Å². The number of hydrogen-bond acceptors (Lipinski definition) is 5. The van der Waals surface area contributed by atoms with E-state index < -0.39 is 6.04 Å². The number of rotatable bonds is 4. The maximum atomic E-state index is 12.9. The van der Waals surface area contributed by atoms with Crippen molar-refractivity contribution in [1.29, 1.82) is 0 Å². The van der Waals surface area contributed by atoms with Gasteiger partial charge in [-0.1, -0.05) is 17.7 Å². The van der Waals surface area contributed by atoms with E-state index in [-0.39, 0.29) is 18.2 Å². The lowest BCUT2D eigenvalue weighted by molar-refractivity contribution is -0.121. The number of carbonyl (C=O) groups excluding carboxylic acids is 2. The smallest absolute Gasteiger partial charge is 0.256 e. The molecule has 2 heterocycles. The van der Waals surface area contributed by atoms with Gasteiger partial charge in [-0.25, -0.2) is 4.90 Å². The average molecular weight is 400 g/mol. The fourth-order valence-electron chi connectivity index (χ4n) is 3.63. The summed E-state index contributed by atoms with van der Waals surface area (Å²) in [6, 6.07) is 12.6. The monoisotopic (exact) mass is 399 g/mol. The topological polar surface area (TPSA) is 61.9 Å². The molecule has 6 nitrogen and oxygen atoms in total. The summed E-state index contributed by atoms with van der Waals surface area (Å²) < 4.78 is 5.38. The lowest BCUT2D eigenvalue weighted by Gasteiger charge is -2.29. The van der Waals surface area contributed by atoms with E-state index in [4.69, 9.17) is 16.3 Å². The summed E-state index contributed by atoms with van der Waals surface area (Å²) in [6.07, 6.45) is 0.121. The van der Waals surface area contributed by atoms with Crippen molar-refractivity contribution in [3.05, 3.63) is 53.1 Å². The maximum Gasteiger partial charge on any atom is 0.256 e. The van der Waals surface area contributed by atoms with E-state index in [1.165, 1.54) is 4.90 Å². The first kappa shape index (κ1) is 18.8. The Morgan fingerprint density at radius 2 is 1.79 bits per heavy atom. The van der Waals surface area contributed by atoms with Crippen LogP contribution in [0.5, 0.6) is 0 Å². The second-order valence-electron chi connectivity index (χ2n) is 7.00. The van der Waals surface area contributed by atoms with Gasteiger partial charge in [0.2, 0.25) is 5.91 Å². The van der Waals surface area contributed by atoms with Crippen LogP contribution in [0, 0.1) is 6.92 Å². The van der Waals surface area contributed by atoms with Crippen molar-refractivity contribution in [3.8, 4) is 0 Å². The molecule has 28 heavy (non-hydrogen) atoms. The third-order valence-electron chi connectivity index (χ3n) is 5.21. The summed E-state index contributed by atoms with van der Waals surface area (Å²) in [5.41, 5.74) is 3.21. The van der Waals surface area contributed by atoms with Crippen LogP contribution >= 0.6 is 11.6 Å². The minimum atomic E-state index is -0.583. The van der Waals surface area contributed by atoms with Crippen molar-refractivity contribution in [1.82, 2.24) is 0 Å². The lowest BCUT2D eigenvalue weighted by atomic mass is 10.2. The van der Waals surface area contributed by atoms with Gasteiger partial charge in [0.15, 0.2) is 0 Å².